The number of rotatable bonds is 4. The summed E-state index contributed by atoms with van der Waals surface area (Å²) in [5.74, 6) is -0.313. The van der Waals surface area contributed by atoms with Crippen LogP contribution in [0.15, 0.2) is 30.5 Å². The third-order valence-electron chi connectivity index (χ3n) is 2.65. The van der Waals surface area contributed by atoms with Crippen LogP contribution in [0.25, 0.3) is 0 Å². The van der Waals surface area contributed by atoms with Crippen LogP contribution in [0, 0.1) is 12.7 Å². The summed E-state index contributed by atoms with van der Waals surface area (Å²) in [6.07, 6.45) is 1.60. The van der Waals surface area contributed by atoms with Crippen molar-refractivity contribution in [3.05, 3.63) is 53.2 Å². The lowest BCUT2D eigenvalue weighted by Gasteiger charge is -2.08. The van der Waals surface area contributed by atoms with Gasteiger partial charge in [0.1, 0.15) is 11.5 Å². The highest BCUT2D eigenvalue weighted by Crippen LogP contribution is 2.12. The molecule has 6 heteroatoms. The molecule has 1 heterocycles. The van der Waals surface area contributed by atoms with Gasteiger partial charge in [0, 0.05) is 11.8 Å². The van der Waals surface area contributed by atoms with E-state index in [4.69, 9.17) is 4.74 Å². The van der Waals surface area contributed by atoms with Crippen molar-refractivity contribution >= 4 is 5.91 Å². The number of methoxy groups -OCH3 is 1. The number of aromatic nitrogens is 2. The molecule has 0 bridgehead atoms. The Morgan fingerprint density at radius 2 is 2.05 bits per heavy atom. The molecule has 0 atom stereocenters. The van der Waals surface area contributed by atoms with E-state index in [1.54, 1.807) is 13.1 Å². The highest BCUT2D eigenvalue weighted by atomic mass is 19.1. The van der Waals surface area contributed by atoms with Crippen molar-refractivity contribution in [2.75, 3.05) is 7.11 Å². The molecule has 20 heavy (non-hydrogen) atoms. The number of hydrogen-bond donors (Lipinski definition) is 1. The Morgan fingerprint density at radius 3 is 2.70 bits per heavy atom. The van der Waals surface area contributed by atoms with E-state index >= 15 is 0 Å². The van der Waals surface area contributed by atoms with Gasteiger partial charge in [0.05, 0.1) is 19.3 Å². The maximum Gasteiger partial charge on any atom is 0.251 e. The zero-order valence-electron chi connectivity index (χ0n) is 11.2. The number of nitrogens with zero attached hydrogens (tertiary/aromatic N) is 2. The Balaban J connectivity index is 2.05. The molecule has 104 valence electrons. The Hall–Kier alpha value is -2.50. The van der Waals surface area contributed by atoms with Gasteiger partial charge in [-0.2, -0.15) is 0 Å². The van der Waals surface area contributed by atoms with E-state index in [2.05, 4.69) is 15.3 Å². The van der Waals surface area contributed by atoms with Crippen molar-refractivity contribution < 1.29 is 13.9 Å². The molecule has 2 aromatic rings. The Labute approximate surface area is 115 Å². The molecule has 1 N–H and O–H groups in total. The fourth-order valence-corrected chi connectivity index (χ4v) is 1.63. The second kappa shape index (κ2) is 6.10. The molecule has 0 saturated heterocycles. The number of amides is 1. The van der Waals surface area contributed by atoms with Crippen molar-refractivity contribution in [3.8, 4) is 5.88 Å². The smallest absolute Gasteiger partial charge is 0.251 e. The van der Waals surface area contributed by atoms with E-state index in [1.165, 1.54) is 31.4 Å². The normalized spacial score (nSPS) is 10.2. The quantitative estimate of drug-likeness (QED) is 0.925. The first-order valence-electron chi connectivity index (χ1n) is 6.00. The van der Waals surface area contributed by atoms with Gasteiger partial charge in [-0.25, -0.2) is 9.37 Å². The first kappa shape index (κ1) is 13.9. The predicted octanol–water partition coefficient (Wildman–Crippen LogP) is 1.86. The molecule has 2 rings (SSSR count). The summed E-state index contributed by atoms with van der Waals surface area (Å²) < 4.78 is 17.9. The number of benzene rings is 1. The minimum Gasteiger partial charge on any atom is -0.480 e. The Bertz CT molecular complexity index is 614. The monoisotopic (exact) mass is 275 g/mol. The second-order valence-corrected chi connectivity index (χ2v) is 4.16. The highest BCUT2D eigenvalue weighted by molar-refractivity contribution is 5.94. The lowest BCUT2D eigenvalue weighted by atomic mass is 10.2. The van der Waals surface area contributed by atoms with Crippen LogP contribution in [0.1, 0.15) is 21.7 Å². The molecular formula is C14H14FN3O2. The molecule has 0 fully saturated rings. The number of hydrogen-bond acceptors (Lipinski definition) is 4. The van der Waals surface area contributed by atoms with E-state index in [0.717, 1.165) is 5.69 Å². The van der Waals surface area contributed by atoms with Gasteiger partial charge >= 0.3 is 0 Å². The number of halogens is 1. The molecular weight excluding hydrogens is 261 g/mol. The number of ether oxygens (including phenoxy) is 1. The molecule has 1 amide bonds. The Morgan fingerprint density at radius 1 is 1.35 bits per heavy atom. The molecule has 0 aliphatic heterocycles. The average Bonchev–Trinajstić information content (AvgIpc) is 2.46. The van der Waals surface area contributed by atoms with Crippen LogP contribution in [0.2, 0.25) is 0 Å². The molecule has 0 spiro atoms. The van der Waals surface area contributed by atoms with Crippen LogP contribution in [0.5, 0.6) is 5.88 Å². The molecule has 0 unspecified atom stereocenters. The number of nitrogens with one attached hydrogen (secondary N) is 1. The van der Waals surface area contributed by atoms with Crippen LogP contribution in [-0.2, 0) is 6.54 Å². The van der Waals surface area contributed by atoms with Crippen LogP contribution >= 0.6 is 0 Å². The molecule has 1 aromatic carbocycles. The van der Waals surface area contributed by atoms with Crippen molar-refractivity contribution in [2.45, 2.75) is 13.5 Å². The first-order valence-corrected chi connectivity index (χ1v) is 6.00. The van der Waals surface area contributed by atoms with E-state index < -0.39 is 0 Å². The van der Waals surface area contributed by atoms with E-state index in [1.807, 2.05) is 0 Å². The standard InChI is InChI=1S/C14H14FN3O2/c1-9-7-16-12(14(18-9)20-2)8-17-13(19)10-3-5-11(15)6-4-10/h3-7H,8H2,1-2H3,(H,17,19). The third kappa shape index (κ3) is 3.28. The first-order chi connectivity index (χ1) is 9.60. The Kier molecular flexibility index (Phi) is 4.24. The maximum absolute atomic E-state index is 12.8. The summed E-state index contributed by atoms with van der Waals surface area (Å²) in [6.45, 7) is 1.99. The highest BCUT2D eigenvalue weighted by Gasteiger charge is 2.10. The lowest BCUT2D eigenvalue weighted by Crippen LogP contribution is -2.23. The maximum atomic E-state index is 12.8. The minimum atomic E-state index is -0.382. The summed E-state index contributed by atoms with van der Waals surface area (Å²) in [6, 6.07) is 5.31. The van der Waals surface area contributed by atoms with Gasteiger partial charge < -0.3 is 10.1 Å². The molecule has 0 saturated carbocycles. The summed E-state index contributed by atoms with van der Waals surface area (Å²) in [5.41, 5.74) is 1.65. The molecule has 5 nitrogen and oxygen atoms in total. The van der Waals surface area contributed by atoms with Crippen molar-refractivity contribution in [3.63, 3.8) is 0 Å². The summed E-state index contributed by atoms with van der Waals surface area (Å²) in [5, 5.41) is 2.68. The predicted molar refractivity (Wildman–Crippen MR) is 70.9 cm³/mol. The van der Waals surface area contributed by atoms with Crippen LogP contribution in [0.4, 0.5) is 4.39 Å². The van der Waals surface area contributed by atoms with Crippen LogP contribution < -0.4 is 10.1 Å². The van der Waals surface area contributed by atoms with E-state index in [-0.39, 0.29) is 18.3 Å². The number of carbonyl (C=O) groups is 1. The molecule has 1 aromatic heterocycles. The number of aryl methyl sites for hydroxylation is 1. The van der Waals surface area contributed by atoms with Crippen molar-refractivity contribution in [1.29, 1.82) is 0 Å². The van der Waals surface area contributed by atoms with Gasteiger partial charge in [-0.3, -0.25) is 9.78 Å². The number of carbonyl (C=O) groups excluding carboxylic acids is 1. The van der Waals surface area contributed by atoms with Gasteiger partial charge in [-0.1, -0.05) is 0 Å². The summed E-state index contributed by atoms with van der Waals surface area (Å²) in [7, 11) is 1.49. The van der Waals surface area contributed by atoms with Gasteiger partial charge in [0.15, 0.2) is 0 Å². The summed E-state index contributed by atoms with van der Waals surface area (Å²) in [4.78, 5) is 20.2. The fourth-order valence-electron chi connectivity index (χ4n) is 1.63. The zero-order valence-corrected chi connectivity index (χ0v) is 11.2. The van der Waals surface area contributed by atoms with Gasteiger partial charge in [-0.15, -0.1) is 0 Å². The van der Waals surface area contributed by atoms with Crippen LogP contribution in [0.3, 0.4) is 0 Å². The van der Waals surface area contributed by atoms with Crippen molar-refractivity contribution in [1.82, 2.24) is 15.3 Å². The molecule has 0 aliphatic carbocycles. The lowest BCUT2D eigenvalue weighted by molar-refractivity contribution is 0.0950. The van der Waals surface area contributed by atoms with Crippen molar-refractivity contribution in [2.24, 2.45) is 0 Å². The largest absolute Gasteiger partial charge is 0.480 e. The molecule has 0 aliphatic rings. The van der Waals surface area contributed by atoms with Crippen LogP contribution in [-0.4, -0.2) is 23.0 Å². The van der Waals surface area contributed by atoms with E-state index in [9.17, 15) is 9.18 Å². The second-order valence-electron chi connectivity index (χ2n) is 4.16. The SMILES string of the molecule is COc1nc(C)cnc1CNC(=O)c1ccc(F)cc1. The average molecular weight is 275 g/mol. The zero-order chi connectivity index (χ0) is 14.5. The van der Waals surface area contributed by atoms with Gasteiger partial charge in [0.25, 0.3) is 5.91 Å². The van der Waals surface area contributed by atoms with Gasteiger partial charge in [-0.05, 0) is 31.2 Å². The summed E-state index contributed by atoms with van der Waals surface area (Å²) >= 11 is 0. The minimum absolute atomic E-state index is 0.187. The topological polar surface area (TPSA) is 64.1 Å². The third-order valence-corrected chi connectivity index (χ3v) is 2.65. The fraction of sp³-hybridized carbons (Fsp3) is 0.214. The molecule has 0 radical (unpaired) electrons. The van der Waals surface area contributed by atoms with Gasteiger partial charge in [0.2, 0.25) is 5.88 Å². The van der Waals surface area contributed by atoms with E-state index in [0.29, 0.717) is 17.1 Å².